The van der Waals surface area contributed by atoms with Gasteiger partial charge in [-0.3, -0.25) is 34.2 Å². The molecule has 3 rings (SSSR count). The normalized spacial score (nSPS) is 18.4. The average Bonchev–Trinajstić information content (AvgIpc) is 2.88. The van der Waals surface area contributed by atoms with Crippen LogP contribution in [0, 0.1) is 0 Å². The molecule has 27 heavy (non-hydrogen) atoms. The maximum Gasteiger partial charge on any atom is 0.290 e. The van der Waals surface area contributed by atoms with Crippen LogP contribution >= 0.6 is 0 Å². The number of hydrogen-bond acceptors (Lipinski definition) is 6. The summed E-state index contributed by atoms with van der Waals surface area (Å²) in [6.07, 6.45) is 2.03. The van der Waals surface area contributed by atoms with Gasteiger partial charge in [-0.15, -0.1) is 0 Å². The Kier molecular flexibility index (Phi) is 6.64. The number of carbonyl (C=O) groups is 5. The topological polar surface area (TPSA) is 130 Å². The van der Waals surface area contributed by atoms with E-state index in [1.165, 1.54) is 0 Å². The summed E-state index contributed by atoms with van der Waals surface area (Å²) in [6.45, 7) is 2.23. The Bertz CT molecular complexity index is 775. The Morgan fingerprint density at radius 2 is 1.96 bits per heavy atom. The molecular weight excluding hydrogens is 356 g/mol. The second-order valence-electron chi connectivity index (χ2n) is 5.93. The molecule has 2 N–H and O–H groups in total. The van der Waals surface area contributed by atoms with Gasteiger partial charge in [0.25, 0.3) is 18.3 Å². The Hall–Kier alpha value is -3.23. The lowest BCUT2D eigenvalue weighted by molar-refractivity contribution is -0.136. The SMILES string of the molecule is CCCCOc1cccc2c1C(=O)N(C1CCC(=O)NC1=O)C2=O.O=CO. The third-order valence-electron chi connectivity index (χ3n) is 4.19. The van der Waals surface area contributed by atoms with Crippen molar-refractivity contribution in [2.45, 2.75) is 38.6 Å². The number of ether oxygens (including phenoxy) is 1. The smallest absolute Gasteiger partial charge is 0.290 e. The van der Waals surface area contributed by atoms with Crippen molar-refractivity contribution in [2.75, 3.05) is 6.61 Å². The van der Waals surface area contributed by atoms with Crippen molar-refractivity contribution < 1.29 is 33.8 Å². The minimum absolute atomic E-state index is 0.101. The first-order chi connectivity index (χ1) is 13.0. The Balaban J connectivity index is 0.000000817. The molecule has 4 amide bonds. The fourth-order valence-electron chi connectivity index (χ4n) is 2.93. The predicted molar refractivity (Wildman–Crippen MR) is 92.2 cm³/mol. The highest BCUT2D eigenvalue weighted by molar-refractivity contribution is 6.24. The number of fused-ring (bicyclic) bond motifs is 1. The number of nitrogens with zero attached hydrogens (tertiary/aromatic N) is 1. The van der Waals surface area contributed by atoms with Gasteiger partial charge in [-0.2, -0.15) is 0 Å². The number of imide groups is 2. The molecule has 1 fully saturated rings. The van der Waals surface area contributed by atoms with E-state index in [9.17, 15) is 19.2 Å². The Labute approximate surface area is 155 Å². The lowest BCUT2D eigenvalue weighted by atomic mass is 10.0. The molecule has 1 aromatic rings. The minimum Gasteiger partial charge on any atom is -0.493 e. The van der Waals surface area contributed by atoms with Gasteiger partial charge in [0.15, 0.2) is 0 Å². The molecule has 9 nitrogen and oxygen atoms in total. The van der Waals surface area contributed by atoms with E-state index in [1.807, 2.05) is 6.92 Å². The van der Waals surface area contributed by atoms with E-state index in [-0.39, 0.29) is 30.4 Å². The fourth-order valence-corrected chi connectivity index (χ4v) is 2.93. The summed E-state index contributed by atoms with van der Waals surface area (Å²) in [4.78, 5) is 57.9. The maximum atomic E-state index is 12.7. The molecule has 2 aliphatic heterocycles. The van der Waals surface area contributed by atoms with Crippen LogP contribution in [0.3, 0.4) is 0 Å². The van der Waals surface area contributed by atoms with Crippen LogP contribution in [0.15, 0.2) is 18.2 Å². The van der Waals surface area contributed by atoms with E-state index in [0.717, 1.165) is 17.7 Å². The van der Waals surface area contributed by atoms with Gasteiger partial charge in [0.05, 0.1) is 17.7 Å². The predicted octanol–water partition coefficient (Wildman–Crippen LogP) is 0.967. The molecule has 0 aliphatic carbocycles. The maximum absolute atomic E-state index is 12.7. The Morgan fingerprint density at radius 3 is 2.59 bits per heavy atom. The van der Waals surface area contributed by atoms with Crippen LogP contribution in [0.25, 0.3) is 0 Å². The summed E-state index contributed by atoms with van der Waals surface area (Å²) < 4.78 is 5.63. The highest BCUT2D eigenvalue weighted by Gasteiger charge is 2.45. The number of carbonyl (C=O) groups excluding carboxylic acids is 4. The quantitative estimate of drug-likeness (QED) is 0.445. The molecule has 1 atom stereocenters. The van der Waals surface area contributed by atoms with Gasteiger partial charge in [0.1, 0.15) is 11.8 Å². The number of nitrogens with one attached hydrogen (secondary N) is 1. The van der Waals surface area contributed by atoms with E-state index in [4.69, 9.17) is 14.6 Å². The molecule has 1 unspecified atom stereocenters. The van der Waals surface area contributed by atoms with Crippen LogP contribution < -0.4 is 10.1 Å². The molecule has 0 saturated carbocycles. The first-order valence-electron chi connectivity index (χ1n) is 8.51. The lowest BCUT2D eigenvalue weighted by Crippen LogP contribution is -2.54. The molecule has 9 heteroatoms. The van der Waals surface area contributed by atoms with E-state index in [0.29, 0.717) is 12.4 Å². The summed E-state index contributed by atoms with van der Waals surface area (Å²) in [5.41, 5.74) is 0.432. The van der Waals surface area contributed by atoms with Crippen LogP contribution in [-0.4, -0.2) is 52.8 Å². The van der Waals surface area contributed by atoms with Gasteiger partial charge in [-0.1, -0.05) is 19.4 Å². The molecule has 1 aromatic carbocycles. The molecule has 144 valence electrons. The van der Waals surface area contributed by atoms with Gasteiger partial charge in [-0.25, -0.2) is 0 Å². The highest BCUT2D eigenvalue weighted by Crippen LogP contribution is 2.33. The van der Waals surface area contributed by atoms with Crippen molar-refractivity contribution in [3.63, 3.8) is 0 Å². The molecule has 0 radical (unpaired) electrons. The minimum atomic E-state index is -0.960. The van der Waals surface area contributed by atoms with E-state index in [2.05, 4.69) is 5.32 Å². The van der Waals surface area contributed by atoms with Crippen molar-refractivity contribution in [3.05, 3.63) is 29.3 Å². The molecule has 0 bridgehead atoms. The summed E-state index contributed by atoms with van der Waals surface area (Å²) in [5, 5.41) is 9.06. The number of piperidine rings is 1. The van der Waals surface area contributed by atoms with Gasteiger partial charge in [-0.05, 0) is 25.0 Å². The van der Waals surface area contributed by atoms with E-state index >= 15 is 0 Å². The van der Waals surface area contributed by atoms with Crippen LogP contribution in [0.5, 0.6) is 5.75 Å². The second kappa shape index (κ2) is 8.93. The van der Waals surface area contributed by atoms with Crippen molar-refractivity contribution >= 4 is 30.1 Å². The van der Waals surface area contributed by atoms with Crippen LogP contribution in [0.2, 0.25) is 0 Å². The van der Waals surface area contributed by atoms with Crippen molar-refractivity contribution in [1.29, 1.82) is 0 Å². The number of hydrogen-bond donors (Lipinski definition) is 2. The first kappa shape index (κ1) is 20.1. The summed E-state index contributed by atoms with van der Waals surface area (Å²) in [5.74, 6) is -1.72. The molecule has 2 heterocycles. The third-order valence-corrected chi connectivity index (χ3v) is 4.19. The molecule has 0 spiro atoms. The number of amides is 4. The molecule has 1 saturated heterocycles. The summed E-state index contributed by atoms with van der Waals surface area (Å²) in [7, 11) is 0. The van der Waals surface area contributed by atoms with Crippen molar-refractivity contribution in [3.8, 4) is 5.75 Å². The average molecular weight is 376 g/mol. The summed E-state index contributed by atoms with van der Waals surface area (Å²) >= 11 is 0. The van der Waals surface area contributed by atoms with Crippen molar-refractivity contribution in [2.24, 2.45) is 0 Å². The largest absolute Gasteiger partial charge is 0.493 e. The standard InChI is InChI=1S/C17H18N2O5.CH2O2/c1-2-3-9-24-12-6-4-5-10-14(12)17(23)19(16(10)22)11-7-8-13(20)18-15(11)21;2-1-3/h4-6,11H,2-3,7-9H2,1H3,(H,18,20,21);1H,(H,2,3). The number of carboxylic acid groups (broad SMARTS) is 1. The zero-order valence-electron chi connectivity index (χ0n) is 14.8. The van der Waals surface area contributed by atoms with E-state index in [1.54, 1.807) is 18.2 Å². The second-order valence-corrected chi connectivity index (χ2v) is 5.93. The van der Waals surface area contributed by atoms with Gasteiger partial charge < -0.3 is 9.84 Å². The number of rotatable bonds is 5. The first-order valence-corrected chi connectivity index (χ1v) is 8.51. The lowest BCUT2D eigenvalue weighted by Gasteiger charge is -2.27. The zero-order valence-corrected chi connectivity index (χ0v) is 14.8. The third kappa shape index (κ3) is 4.13. The number of unbranched alkanes of at least 4 members (excludes halogenated alkanes) is 1. The van der Waals surface area contributed by atoms with Crippen LogP contribution in [0.4, 0.5) is 0 Å². The monoisotopic (exact) mass is 376 g/mol. The van der Waals surface area contributed by atoms with Gasteiger partial charge >= 0.3 is 0 Å². The molecular formula is C18H20N2O7. The van der Waals surface area contributed by atoms with Crippen molar-refractivity contribution in [1.82, 2.24) is 10.2 Å². The van der Waals surface area contributed by atoms with Crippen LogP contribution in [0.1, 0.15) is 53.3 Å². The van der Waals surface area contributed by atoms with Crippen LogP contribution in [-0.2, 0) is 14.4 Å². The van der Waals surface area contributed by atoms with E-state index < -0.39 is 29.7 Å². The molecule has 2 aliphatic rings. The Morgan fingerprint density at radius 1 is 1.26 bits per heavy atom. The molecule has 0 aromatic heterocycles. The van der Waals surface area contributed by atoms with Gasteiger partial charge in [0, 0.05) is 6.42 Å². The van der Waals surface area contributed by atoms with Gasteiger partial charge in [0.2, 0.25) is 11.8 Å². The zero-order chi connectivity index (χ0) is 20.0. The number of benzene rings is 1. The summed E-state index contributed by atoms with van der Waals surface area (Å²) in [6, 6.07) is 3.89. The highest BCUT2D eigenvalue weighted by atomic mass is 16.5. The fraction of sp³-hybridized carbons (Fsp3) is 0.389.